The van der Waals surface area contributed by atoms with Gasteiger partial charge in [0.05, 0.1) is 6.10 Å². The number of nitro groups is 1. The highest BCUT2D eigenvalue weighted by molar-refractivity contribution is 14.1. The predicted octanol–water partition coefficient (Wildman–Crippen LogP) is 6.05. The van der Waals surface area contributed by atoms with E-state index < -0.39 is 18.1 Å². The fourth-order valence-electron chi connectivity index (χ4n) is 4.49. The number of nitrogens with zero attached hydrogens (tertiary/aromatic N) is 1. The van der Waals surface area contributed by atoms with Crippen molar-refractivity contribution in [3.8, 4) is 0 Å². The zero-order valence-corrected chi connectivity index (χ0v) is 20.3. The van der Waals surface area contributed by atoms with Crippen LogP contribution in [-0.4, -0.2) is 31.1 Å². The maximum Gasteiger partial charge on any atom is 0.303 e. The lowest BCUT2D eigenvalue weighted by atomic mass is 9.84. The Morgan fingerprint density at radius 2 is 1.97 bits per heavy atom. The minimum atomic E-state index is -0.771. The van der Waals surface area contributed by atoms with Gasteiger partial charge in [-0.05, 0) is 43.6 Å². The third kappa shape index (κ3) is 7.86. The molecule has 7 heteroatoms. The zero-order valence-electron chi connectivity index (χ0n) is 18.2. The third-order valence-electron chi connectivity index (χ3n) is 6.19. The summed E-state index contributed by atoms with van der Waals surface area (Å²) in [6, 6.07) is 6.97. The first-order valence-electron chi connectivity index (χ1n) is 11.3. The number of aliphatic carboxylic acids is 1. The van der Waals surface area contributed by atoms with Gasteiger partial charge in [-0.2, -0.15) is 0 Å². The quantitative estimate of drug-likeness (QED) is 0.0788. The molecular formula is C24H34INO5. The number of benzene rings is 1. The number of carboxylic acid groups (broad SMARTS) is 1. The van der Waals surface area contributed by atoms with Gasteiger partial charge in [0.15, 0.2) is 0 Å². The molecule has 0 heterocycles. The van der Waals surface area contributed by atoms with Crippen LogP contribution in [0.5, 0.6) is 0 Å². The third-order valence-corrected chi connectivity index (χ3v) is 7.62. The molecule has 0 aromatic heterocycles. The van der Waals surface area contributed by atoms with E-state index in [0.717, 1.165) is 49.7 Å². The summed E-state index contributed by atoms with van der Waals surface area (Å²) in [6.07, 6.45) is 10.3. The number of aliphatic hydroxyl groups excluding tert-OH is 1. The Morgan fingerprint density at radius 3 is 2.58 bits per heavy atom. The van der Waals surface area contributed by atoms with Crippen LogP contribution in [0, 0.1) is 16.0 Å². The molecule has 172 valence electrons. The molecule has 31 heavy (non-hydrogen) atoms. The first-order valence-corrected chi connectivity index (χ1v) is 12.5. The first kappa shape index (κ1) is 25.8. The molecule has 6 nitrogen and oxygen atoms in total. The Morgan fingerprint density at radius 1 is 1.26 bits per heavy atom. The van der Waals surface area contributed by atoms with Crippen LogP contribution in [-0.2, 0) is 4.79 Å². The SMILES string of the molecule is CCCCC[C@@H](c1ccc([C@@H]2[C@@H](C/C=C\CCCC(=O)O)[C@H](I)C[C@H]2O)cc1)[N+](=O)[O-]. The standard InChI is InChI=1S/C24H34INO5/c1-2-3-6-10-21(26(30)31)17-12-14-18(15-13-17)24-19(20(25)16-22(24)27)9-7-4-5-8-11-23(28)29/h4,7,12-15,19-22,24,27H,2-3,5-6,8-11,16H2,1H3,(H,28,29)/b7-4-/t19-,20+,21-,22+,24+/m0/s1. The lowest BCUT2D eigenvalue weighted by Gasteiger charge is -2.23. The second kappa shape index (κ2) is 13.2. The molecule has 0 saturated heterocycles. The number of halogens is 1. The maximum atomic E-state index is 11.5. The van der Waals surface area contributed by atoms with Crippen molar-refractivity contribution in [1.82, 2.24) is 0 Å². The molecule has 1 fully saturated rings. The normalized spacial score (nSPS) is 24.5. The Hall–Kier alpha value is -1.48. The van der Waals surface area contributed by atoms with Crippen LogP contribution in [0.25, 0.3) is 0 Å². The number of allylic oxidation sites excluding steroid dienone is 2. The van der Waals surface area contributed by atoms with Crippen LogP contribution in [0.4, 0.5) is 0 Å². The summed E-state index contributed by atoms with van der Waals surface area (Å²) in [5, 5.41) is 30.9. The largest absolute Gasteiger partial charge is 0.481 e. The summed E-state index contributed by atoms with van der Waals surface area (Å²) in [6.45, 7) is 2.09. The molecule has 0 spiro atoms. The van der Waals surface area contributed by atoms with Gasteiger partial charge in [-0.3, -0.25) is 14.9 Å². The Labute approximate surface area is 198 Å². The van der Waals surface area contributed by atoms with E-state index in [-0.39, 0.29) is 23.2 Å². The molecule has 0 amide bonds. The highest BCUT2D eigenvalue weighted by atomic mass is 127. The van der Waals surface area contributed by atoms with E-state index in [0.29, 0.717) is 16.8 Å². The lowest BCUT2D eigenvalue weighted by Crippen LogP contribution is -2.18. The van der Waals surface area contributed by atoms with Gasteiger partial charge in [-0.1, -0.05) is 78.8 Å². The number of carboxylic acids is 1. The number of unbranched alkanes of at least 4 members (excludes halogenated alkanes) is 3. The molecule has 0 aliphatic heterocycles. The second-order valence-corrected chi connectivity index (χ2v) is 10.1. The monoisotopic (exact) mass is 543 g/mol. The highest BCUT2D eigenvalue weighted by Crippen LogP contribution is 2.46. The molecule has 5 atom stereocenters. The summed E-state index contributed by atoms with van der Waals surface area (Å²) < 4.78 is 0.349. The number of hydrogen-bond donors (Lipinski definition) is 2. The van der Waals surface area contributed by atoms with Crippen LogP contribution >= 0.6 is 22.6 Å². The van der Waals surface area contributed by atoms with E-state index in [1.165, 1.54) is 0 Å². The van der Waals surface area contributed by atoms with Gasteiger partial charge in [-0.15, -0.1) is 0 Å². The van der Waals surface area contributed by atoms with Gasteiger partial charge < -0.3 is 10.2 Å². The van der Waals surface area contributed by atoms with E-state index in [4.69, 9.17) is 5.11 Å². The fourth-order valence-corrected chi connectivity index (χ4v) is 5.75. The molecule has 0 unspecified atom stereocenters. The Kier molecular flexibility index (Phi) is 10.9. The second-order valence-electron chi connectivity index (χ2n) is 8.47. The van der Waals surface area contributed by atoms with Crippen molar-refractivity contribution in [2.24, 2.45) is 5.92 Å². The van der Waals surface area contributed by atoms with Crippen molar-refractivity contribution >= 4 is 28.6 Å². The predicted molar refractivity (Wildman–Crippen MR) is 130 cm³/mol. The van der Waals surface area contributed by atoms with Gasteiger partial charge in [-0.25, -0.2) is 0 Å². The molecule has 2 rings (SSSR count). The summed E-state index contributed by atoms with van der Waals surface area (Å²) >= 11 is 2.41. The van der Waals surface area contributed by atoms with Gasteiger partial charge in [0.25, 0.3) is 0 Å². The van der Waals surface area contributed by atoms with Crippen molar-refractivity contribution in [3.05, 3.63) is 57.7 Å². The molecule has 1 aromatic carbocycles. The Bertz CT molecular complexity index is 736. The van der Waals surface area contributed by atoms with Crippen LogP contribution < -0.4 is 0 Å². The van der Waals surface area contributed by atoms with E-state index in [2.05, 4.69) is 35.6 Å². The molecular weight excluding hydrogens is 509 g/mol. The smallest absolute Gasteiger partial charge is 0.303 e. The maximum absolute atomic E-state index is 11.5. The molecule has 1 saturated carbocycles. The summed E-state index contributed by atoms with van der Waals surface area (Å²) in [5.74, 6) is -0.477. The molecule has 1 aliphatic rings. The van der Waals surface area contributed by atoms with Crippen molar-refractivity contribution in [3.63, 3.8) is 0 Å². The van der Waals surface area contributed by atoms with Crippen molar-refractivity contribution in [2.75, 3.05) is 0 Å². The lowest BCUT2D eigenvalue weighted by molar-refractivity contribution is -0.530. The molecule has 0 bridgehead atoms. The molecule has 2 N–H and O–H groups in total. The fraction of sp³-hybridized carbons (Fsp3) is 0.625. The van der Waals surface area contributed by atoms with Crippen LogP contribution in [0.2, 0.25) is 0 Å². The van der Waals surface area contributed by atoms with Gasteiger partial charge in [0.1, 0.15) is 0 Å². The number of carbonyl (C=O) groups is 1. The first-order chi connectivity index (χ1) is 14.8. The average Bonchev–Trinajstić information content (AvgIpc) is 3.00. The number of aliphatic hydroxyl groups is 1. The van der Waals surface area contributed by atoms with Gasteiger partial charge >= 0.3 is 5.97 Å². The summed E-state index contributed by atoms with van der Waals surface area (Å²) in [5.41, 5.74) is 1.77. The van der Waals surface area contributed by atoms with Crippen LogP contribution in [0.15, 0.2) is 36.4 Å². The number of hydrogen-bond acceptors (Lipinski definition) is 4. The molecule has 0 radical (unpaired) electrons. The van der Waals surface area contributed by atoms with Crippen LogP contribution in [0.3, 0.4) is 0 Å². The van der Waals surface area contributed by atoms with E-state index in [1.807, 2.05) is 30.3 Å². The van der Waals surface area contributed by atoms with E-state index in [1.54, 1.807) is 0 Å². The minimum Gasteiger partial charge on any atom is -0.481 e. The number of rotatable bonds is 13. The van der Waals surface area contributed by atoms with Gasteiger partial charge in [0, 0.05) is 33.2 Å². The summed E-state index contributed by atoms with van der Waals surface area (Å²) in [7, 11) is 0. The van der Waals surface area contributed by atoms with E-state index in [9.17, 15) is 20.0 Å². The van der Waals surface area contributed by atoms with Crippen molar-refractivity contribution in [1.29, 1.82) is 0 Å². The molecule has 1 aromatic rings. The zero-order chi connectivity index (χ0) is 22.8. The van der Waals surface area contributed by atoms with Crippen molar-refractivity contribution in [2.45, 2.75) is 86.7 Å². The molecule has 1 aliphatic carbocycles. The number of alkyl halides is 1. The highest BCUT2D eigenvalue weighted by Gasteiger charge is 2.41. The van der Waals surface area contributed by atoms with Crippen molar-refractivity contribution < 1.29 is 19.9 Å². The Balaban J connectivity index is 2.05. The average molecular weight is 543 g/mol. The van der Waals surface area contributed by atoms with Crippen LogP contribution in [0.1, 0.15) is 87.8 Å². The minimum absolute atomic E-state index is 0.00812. The van der Waals surface area contributed by atoms with Gasteiger partial charge in [0.2, 0.25) is 6.04 Å². The summed E-state index contributed by atoms with van der Waals surface area (Å²) in [4.78, 5) is 21.9. The van der Waals surface area contributed by atoms with E-state index >= 15 is 0 Å². The topological polar surface area (TPSA) is 101 Å².